The first-order chi connectivity index (χ1) is 8.00. The predicted octanol–water partition coefficient (Wildman–Crippen LogP) is 2.33. The summed E-state index contributed by atoms with van der Waals surface area (Å²) in [4.78, 5) is 12.4. The van der Waals surface area contributed by atoms with Gasteiger partial charge in [0.1, 0.15) is 0 Å². The van der Waals surface area contributed by atoms with Crippen LogP contribution in [0.5, 0.6) is 0 Å². The maximum Gasteiger partial charge on any atom is 0.188 e. The van der Waals surface area contributed by atoms with Crippen LogP contribution in [0.15, 0.2) is 12.1 Å². The first kappa shape index (κ1) is 11.8. The highest BCUT2D eigenvalue weighted by atomic mass is 16.5. The normalized spacial score (nSPS) is 17.1. The van der Waals surface area contributed by atoms with Gasteiger partial charge in [0.2, 0.25) is 0 Å². The van der Waals surface area contributed by atoms with E-state index in [-0.39, 0.29) is 19.0 Å². The lowest BCUT2D eigenvalue weighted by Crippen LogP contribution is -2.48. The second-order valence-electron chi connectivity index (χ2n) is 4.79. The molecule has 3 nitrogen and oxygen atoms in total. The SMILES string of the molecule is Cc1cc(C)c(C(=O)C2(C#N)COC2)c(C)c1. The molecule has 3 heteroatoms. The van der Waals surface area contributed by atoms with Gasteiger partial charge in [0, 0.05) is 5.56 Å². The van der Waals surface area contributed by atoms with Crippen LogP contribution in [0.25, 0.3) is 0 Å². The van der Waals surface area contributed by atoms with Gasteiger partial charge in [0.25, 0.3) is 0 Å². The highest BCUT2D eigenvalue weighted by Gasteiger charge is 2.47. The molecule has 1 aromatic rings. The maximum atomic E-state index is 12.4. The smallest absolute Gasteiger partial charge is 0.188 e. The van der Waals surface area contributed by atoms with E-state index in [9.17, 15) is 4.79 Å². The van der Waals surface area contributed by atoms with E-state index in [0.29, 0.717) is 5.56 Å². The maximum absolute atomic E-state index is 12.4. The Labute approximate surface area is 101 Å². The van der Waals surface area contributed by atoms with E-state index in [1.807, 2.05) is 32.9 Å². The number of benzene rings is 1. The van der Waals surface area contributed by atoms with Gasteiger partial charge >= 0.3 is 0 Å². The fraction of sp³-hybridized carbons (Fsp3) is 0.429. The molecule has 1 fully saturated rings. The summed E-state index contributed by atoms with van der Waals surface area (Å²) in [6, 6.07) is 6.06. The Bertz CT molecular complexity index is 499. The minimum absolute atomic E-state index is 0.0961. The van der Waals surface area contributed by atoms with Gasteiger partial charge in [0.05, 0.1) is 19.3 Å². The summed E-state index contributed by atoms with van der Waals surface area (Å²) in [5.41, 5.74) is 2.74. The van der Waals surface area contributed by atoms with Crippen LogP contribution in [0.4, 0.5) is 0 Å². The van der Waals surface area contributed by atoms with Crippen LogP contribution in [0, 0.1) is 37.5 Å². The van der Waals surface area contributed by atoms with Crippen LogP contribution in [-0.2, 0) is 4.74 Å². The van der Waals surface area contributed by atoms with E-state index in [1.165, 1.54) is 0 Å². The molecule has 0 saturated carbocycles. The highest BCUT2D eigenvalue weighted by Crippen LogP contribution is 2.33. The molecule has 1 aliphatic rings. The van der Waals surface area contributed by atoms with Gasteiger partial charge < -0.3 is 4.74 Å². The Morgan fingerprint density at radius 3 is 2.18 bits per heavy atom. The van der Waals surface area contributed by atoms with E-state index >= 15 is 0 Å². The molecule has 1 heterocycles. The van der Waals surface area contributed by atoms with Crippen LogP contribution < -0.4 is 0 Å². The average molecular weight is 229 g/mol. The van der Waals surface area contributed by atoms with E-state index in [2.05, 4.69) is 6.07 Å². The lowest BCUT2D eigenvalue weighted by molar-refractivity contribution is -0.0566. The molecule has 0 bridgehead atoms. The van der Waals surface area contributed by atoms with Crippen molar-refractivity contribution in [3.8, 4) is 6.07 Å². The zero-order chi connectivity index (χ0) is 12.6. The van der Waals surface area contributed by atoms with Crippen molar-refractivity contribution in [1.82, 2.24) is 0 Å². The topological polar surface area (TPSA) is 50.1 Å². The third-order valence-electron chi connectivity index (χ3n) is 3.25. The Kier molecular flexibility index (Phi) is 2.76. The quantitative estimate of drug-likeness (QED) is 0.731. The predicted molar refractivity (Wildman–Crippen MR) is 63.8 cm³/mol. The van der Waals surface area contributed by atoms with E-state index in [4.69, 9.17) is 10.00 Å². The Morgan fingerprint density at radius 1 is 1.29 bits per heavy atom. The molecule has 0 N–H and O–H groups in total. The average Bonchev–Trinajstić information content (AvgIpc) is 2.14. The van der Waals surface area contributed by atoms with Crippen molar-refractivity contribution in [1.29, 1.82) is 5.26 Å². The summed E-state index contributed by atoms with van der Waals surface area (Å²) in [6.07, 6.45) is 0. The van der Waals surface area contributed by atoms with Crippen molar-refractivity contribution < 1.29 is 9.53 Å². The van der Waals surface area contributed by atoms with Gasteiger partial charge in [0.15, 0.2) is 11.2 Å². The summed E-state index contributed by atoms with van der Waals surface area (Å²) >= 11 is 0. The number of nitrogens with zero attached hydrogens (tertiary/aromatic N) is 1. The van der Waals surface area contributed by atoms with E-state index < -0.39 is 5.41 Å². The van der Waals surface area contributed by atoms with Gasteiger partial charge in [-0.3, -0.25) is 4.79 Å². The summed E-state index contributed by atoms with van der Waals surface area (Å²) in [5, 5.41) is 9.15. The van der Waals surface area contributed by atoms with Gasteiger partial charge in [-0.1, -0.05) is 17.7 Å². The highest BCUT2D eigenvalue weighted by molar-refractivity contribution is 6.05. The molecule has 0 atom stereocenters. The minimum atomic E-state index is -0.954. The monoisotopic (exact) mass is 229 g/mol. The molecule has 2 rings (SSSR count). The lowest BCUT2D eigenvalue weighted by atomic mass is 9.77. The van der Waals surface area contributed by atoms with Gasteiger partial charge in [-0.2, -0.15) is 5.26 Å². The number of rotatable bonds is 2. The lowest BCUT2D eigenvalue weighted by Gasteiger charge is -2.34. The number of hydrogen-bond acceptors (Lipinski definition) is 3. The molecule has 17 heavy (non-hydrogen) atoms. The minimum Gasteiger partial charge on any atom is -0.377 e. The number of carbonyl (C=O) groups is 1. The van der Waals surface area contributed by atoms with Crippen molar-refractivity contribution in [2.45, 2.75) is 20.8 Å². The van der Waals surface area contributed by atoms with Crippen LogP contribution >= 0.6 is 0 Å². The number of carbonyl (C=O) groups excluding carboxylic acids is 1. The standard InChI is InChI=1S/C14H15NO2/c1-9-4-10(2)12(11(3)5-9)13(16)14(6-15)7-17-8-14/h4-5H,7-8H2,1-3H3. The molecular formula is C14H15NO2. The van der Waals surface area contributed by atoms with Crippen molar-refractivity contribution in [2.75, 3.05) is 13.2 Å². The fourth-order valence-electron chi connectivity index (χ4n) is 2.33. The molecule has 0 spiro atoms. The third-order valence-corrected chi connectivity index (χ3v) is 3.25. The molecular weight excluding hydrogens is 214 g/mol. The van der Waals surface area contributed by atoms with Gasteiger partial charge in [-0.15, -0.1) is 0 Å². The summed E-state index contributed by atoms with van der Waals surface area (Å²) in [5.74, 6) is -0.0961. The molecule has 1 aromatic carbocycles. The van der Waals surface area contributed by atoms with Crippen molar-refractivity contribution >= 4 is 5.78 Å². The van der Waals surface area contributed by atoms with E-state index in [1.54, 1.807) is 0 Å². The molecule has 0 radical (unpaired) electrons. The van der Waals surface area contributed by atoms with Crippen LogP contribution in [0.3, 0.4) is 0 Å². The third kappa shape index (κ3) is 1.75. The summed E-state index contributed by atoms with van der Waals surface area (Å²) in [6.45, 7) is 6.26. The number of ketones is 1. The largest absolute Gasteiger partial charge is 0.377 e. The van der Waals surface area contributed by atoms with E-state index in [0.717, 1.165) is 16.7 Å². The molecule has 0 aliphatic carbocycles. The van der Waals surface area contributed by atoms with Crippen molar-refractivity contribution in [3.05, 3.63) is 34.4 Å². The Morgan fingerprint density at radius 2 is 1.82 bits per heavy atom. The molecule has 88 valence electrons. The van der Waals surface area contributed by atoms with Gasteiger partial charge in [-0.05, 0) is 31.9 Å². The summed E-state index contributed by atoms with van der Waals surface area (Å²) < 4.78 is 5.03. The van der Waals surface area contributed by atoms with Crippen LogP contribution in [0.2, 0.25) is 0 Å². The number of ether oxygens (including phenoxy) is 1. The number of aryl methyl sites for hydroxylation is 3. The zero-order valence-corrected chi connectivity index (χ0v) is 10.3. The number of hydrogen-bond donors (Lipinski definition) is 0. The summed E-state index contributed by atoms with van der Waals surface area (Å²) in [7, 11) is 0. The zero-order valence-electron chi connectivity index (χ0n) is 10.3. The molecule has 1 aliphatic heterocycles. The van der Waals surface area contributed by atoms with Gasteiger partial charge in [-0.25, -0.2) is 0 Å². The second-order valence-corrected chi connectivity index (χ2v) is 4.79. The Hall–Kier alpha value is -1.66. The molecule has 0 unspecified atom stereocenters. The van der Waals surface area contributed by atoms with Crippen molar-refractivity contribution in [2.24, 2.45) is 5.41 Å². The first-order valence-electron chi connectivity index (χ1n) is 5.62. The number of nitriles is 1. The van der Waals surface area contributed by atoms with Crippen molar-refractivity contribution in [3.63, 3.8) is 0 Å². The molecule has 0 amide bonds. The fourth-order valence-corrected chi connectivity index (χ4v) is 2.33. The first-order valence-corrected chi connectivity index (χ1v) is 5.62. The molecule has 1 saturated heterocycles. The Balaban J connectivity index is 2.49. The molecule has 0 aromatic heterocycles. The van der Waals surface area contributed by atoms with Crippen LogP contribution in [-0.4, -0.2) is 19.0 Å². The second kappa shape index (κ2) is 3.97. The number of Topliss-reactive ketones (excluding diaryl/α,β-unsaturated/α-hetero) is 1. The van der Waals surface area contributed by atoms with Crippen LogP contribution in [0.1, 0.15) is 27.0 Å².